The van der Waals surface area contributed by atoms with E-state index in [-0.39, 0.29) is 5.54 Å². The maximum absolute atomic E-state index is 6.28. The molecule has 3 fully saturated rings. The van der Waals surface area contributed by atoms with Crippen LogP contribution in [0.1, 0.15) is 39.5 Å². The van der Waals surface area contributed by atoms with E-state index in [0.717, 1.165) is 12.6 Å². The van der Waals surface area contributed by atoms with E-state index in [2.05, 4.69) is 18.7 Å². The first-order valence-electron chi connectivity index (χ1n) is 5.15. The van der Waals surface area contributed by atoms with Gasteiger partial charge in [-0.1, -0.05) is 0 Å². The average Bonchev–Trinajstić information content (AvgIpc) is 2.04. The molecule has 12 heavy (non-hydrogen) atoms. The van der Waals surface area contributed by atoms with Crippen LogP contribution in [0.2, 0.25) is 0 Å². The third kappa shape index (κ3) is 1.27. The number of fused-ring (bicyclic) bond motifs is 3. The second-order valence-corrected chi connectivity index (χ2v) is 4.86. The summed E-state index contributed by atoms with van der Waals surface area (Å²) in [5, 5.41) is 0. The Hall–Kier alpha value is -0.0800. The first kappa shape index (κ1) is 8.52. The van der Waals surface area contributed by atoms with Gasteiger partial charge in [0.25, 0.3) is 0 Å². The predicted octanol–water partition coefficient (Wildman–Crippen LogP) is 1.35. The molecule has 0 spiro atoms. The van der Waals surface area contributed by atoms with E-state index in [1.807, 2.05) is 0 Å². The number of hydrogen-bond donors (Lipinski definition) is 1. The Morgan fingerprint density at radius 1 is 1.33 bits per heavy atom. The van der Waals surface area contributed by atoms with Crippen molar-refractivity contribution < 1.29 is 0 Å². The van der Waals surface area contributed by atoms with E-state index in [1.54, 1.807) is 0 Å². The van der Waals surface area contributed by atoms with Gasteiger partial charge in [-0.25, -0.2) is 0 Å². The normalized spacial score (nSPS) is 42.5. The fourth-order valence-corrected chi connectivity index (χ4v) is 2.76. The highest BCUT2D eigenvalue weighted by atomic mass is 15.2. The maximum Gasteiger partial charge on any atom is 0.0284 e. The lowest BCUT2D eigenvalue weighted by atomic mass is 9.74. The standard InChI is InChI=1S/C10H20N2/c1-8(2)12-7-10(11)5-3-9(12)4-6-10/h8-9H,3-7,11H2,1-2H3. The van der Waals surface area contributed by atoms with Crippen LogP contribution >= 0.6 is 0 Å². The highest BCUT2D eigenvalue weighted by Gasteiger charge is 2.42. The first-order chi connectivity index (χ1) is 5.61. The highest BCUT2D eigenvalue weighted by molar-refractivity contribution is 5.01. The molecule has 0 radical (unpaired) electrons. The number of rotatable bonds is 1. The minimum absolute atomic E-state index is 0.166. The fourth-order valence-electron chi connectivity index (χ4n) is 2.76. The van der Waals surface area contributed by atoms with Crippen molar-refractivity contribution in [1.82, 2.24) is 4.90 Å². The summed E-state index contributed by atoms with van der Waals surface area (Å²) in [4.78, 5) is 2.59. The Labute approximate surface area is 75.1 Å². The van der Waals surface area contributed by atoms with Crippen LogP contribution in [0.15, 0.2) is 0 Å². The Morgan fingerprint density at radius 2 is 1.92 bits per heavy atom. The largest absolute Gasteiger partial charge is 0.324 e. The number of piperidine rings is 2. The SMILES string of the molecule is CC(C)N1CC2(N)CCC1CC2. The Balaban J connectivity index is 2.11. The molecular weight excluding hydrogens is 148 g/mol. The van der Waals surface area contributed by atoms with Crippen LogP contribution in [0.4, 0.5) is 0 Å². The maximum atomic E-state index is 6.28. The summed E-state index contributed by atoms with van der Waals surface area (Å²) in [6, 6.07) is 1.52. The summed E-state index contributed by atoms with van der Waals surface area (Å²) >= 11 is 0. The number of nitrogens with two attached hydrogens (primary N) is 1. The molecule has 1 saturated carbocycles. The van der Waals surface area contributed by atoms with Crippen molar-refractivity contribution in [2.24, 2.45) is 5.73 Å². The molecule has 0 aromatic heterocycles. The van der Waals surface area contributed by atoms with Crippen LogP contribution in [0.5, 0.6) is 0 Å². The van der Waals surface area contributed by atoms with Gasteiger partial charge in [0, 0.05) is 24.2 Å². The third-order valence-electron chi connectivity index (χ3n) is 3.58. The summed E-state index contributed by atoms with van der Waals surface area (Å²) in [7, 11) is 0. The lowest BCUT2D eigenvalue weighted by Gasteiger charge is -2.52. The van der Waals surface area contributed by atoms with Gasteiger partial charge in [0.2, 0.25) is 0 Å². The fraction of sp³-hybridized carbons (Fsp3) is 1.00. The molecule has 3 aliphatic rings. The van der Waals surface area contributed by atoms with E-state index < -0.39 is 0 Å². The molecule has 3 rings (SSSR count). The van der Waals surface area contributed by atoms with Crippen molar-refractivity contribution in [3.8, 4) is 0 Å². The van der Waals surface area contributed by atoms with Crippen molar-refractivity contribution in [1.29, 1.82) is 0 Å². The molecule has 2 saturated heterocycles. The summed E-state index contributed by atoms with van der Waals surface area (Å²) < 4.78 is 0. The van der Waals surface area contributed by atoms with E-state index in [4.69, 9.17) is 5.73 Å². The smallest absolute Gasteiger partial charge is 0.0284 e. The van der Waals surface area contributed by atoms with Gasteiger partial charge in [-0.05, 0) is 39.5 Å². The molecule has 2 heteroatoms. The topological polar surface area (TPSA) is 29.3 Å². The monoisotopic (exact) mass is 168 g/mol. The molecule has 2 N–H and O–H groups in total. The molecule has 2 aliphatic heterocycles. The molecule has 2 heterocycles. The van der Waals surface area contributed by atoms with E-state index in [9.17, 15) is 0 Å². The van der Waals surface area contributed by atoms with Crippen LogP contribution in [-0.4, -0.2) is 29.1 Å². The van der Waals surface area contributed by atoms with Gasteiger partial charge < -0.3 is 5.73 Å². The summed E-state index contributed by atoms with van der Waals surface area (Å²) in [5.74, 6) is 0. The lowest BCUT2D eigenvalue weighted by Crippen LogP contribution is -2.63. The Kier molecular flexibility index (Phi) is 1.92. The highest BCUT2D eigenvalue weighted by Crippen LogP contribution is 2.37. The van der Waals surface area contributed by atoms with Gasteiger partial charge in [-0.3, -0.25) is 4.90 Å². The Morgan fingerprint density at radius 3 is 2.25 bits per heavy atom. The van der Waals surface area contributed by atoms with Crippen LogP contribution in [0.3, 0.4) is 0 Å². The molecule has 0 amide bonds. The summed E-state index contributed by atoms with van der Waals surface area (Å²) in [6.07, 6.45) is 5.16. The minimum Gasteiger partial charge on any atom is -0.324 e. The van der Waals surface area contributed by atoms with Crippen molar-refractivity contribution in [3.63, 3.8) is 0 Å². The Bertz CT molecular complexity index is 169. The van der Waals surface area contributed by atoms with Crippen molar-refractivity contribution >= 4 is 0 Å². The van der Waals surface area contributed by atoms with E-state index in [0.29, 0.717) is 6.04 Å². The molecule has 0 atom stereocenters. The molecule has 0 unspecified atom stereocenters. The van der Waals surface area contributed by atoms with Crippen LogP contribution in [0.25, 0.3) is 0 Å². The quantitative estimate of drug-likeness (QED) is 0.640. The zero-order chi connectivity index (χ0) is 8.77. The predicted molar refractivity (Wildman–Crippen MR) is 51.0 cm³/mol. The van der Waals surface area contributed by atoms with Gasteiger partial charge >= 0.3 is 0 Å². The van der Waals surface area contributed by atoms with Gasteiger partial charge in [-0.2, -0.15) is 0 Å². The summed E-state index contributed by atoms with van der Waals surface area (Å²) in [6.45, 7) is 5.70. The van der Waals surface area contributed by atoms with Crippen molar-refractivity contribution in [3.05, 3.63) is 0 Å². The van der Waals surface area contributed by atoms with Gasteiger partial charge in [-0.15, -0.1) is 0 Å². The lowest BCUT2D eigenvalue weighted by molar-refractivity contribution is 0.00831. The van der Waals surface area contributed by atoms with Crippen LogP contribution < -0.4 is 5.73 Å². The molecule has 70 valence electrons. The molecular formula is C10H20N2. The molecule has 1 aliphatic carbocycles. The second kappa shape index (κ2) is 2.71. The van der Waals surface area contributed by atoms with E-state index >= 15 is 0 Å². The van der Waals surface area contributed by atoms with Gasteiger partial charge in [0.15, 0.2) is 0 Å². The first-order valence-corrected chi connectivity index (χ1v) is 5.15. The zero-order valence-electron chi connectivity index (χ0n) is 8.21. The molecule has 2 bridgehead atoms. The van der Waals surface area contributed by atoms with Crippen LogP contribution in [-0.2, 0) is 0 Å². The minimum atomic E-state index is 0.166. The molecule has 0 aromatic rings. The molecule has 2 nitrogen and oxygen atoms in total. The van der Waals surface area contributed by atoms with Crippen LogP contribution in [0, 0.1) is 0 Å². The average molecular weight is 168 g/mol. The van der Waals surface area contributed by atoms with Crippen molar-refractivity contribution in [2.75, 3.05) is 6.54 Å². The number of hydrogen-bond acceptors (Lipinski definition) is 2. The second-order valence-electron chi connectivity index (χ2n) is 4.86. The number of nitrogens with zero attached hydrogens (tertiary/aromatic N) is 1. The zero-order valence-corrected chi connectivity index (χ0v) is 8.21. The molecule has 0 aromatic carbocycles. The third-order valence-corrected chi connectivity index (χ3v) is 3.58. The van der Waals surface area contributed by atoms with Crippen molar-refractivity contribution in [2.45, 2.75) is 57.2 Å². The summed E-state index contributed by atoms with van der Waals surface area (Å²) in [5.41, 5.74) is 6.45. The van der Waals surface area contributed by atoms with Gasteiger partial charge in [0.05, 0.1) is 0 Å². The van der Waals surface area contributed by atoms with Gasteiger partial charge in [0.1, 0.15) is 0 Å². The van der Waals surface area contributed by atoms with E-state index in [1.165, 1.54) is 25.7 Å².